The van der Waals surface area contributed by atoms with Gasteiger partial charge in [0.25, 0.3) is 0 Å². The van der Waals surface area contributed by atoms with Crippen LogP contribution in [0.1, 0.15) is 41.5 Å². The van der Waals surface area contributed by atoms with Gasteiger partial charge in [-0.3, -0.25) is 0 Å². The molecule has 3 rings (SSSR count). The lowest BCUT2D eigenvalue weighted by Crippen LogP contribution is -2.37. The Morgan fingerprint density at radius 2 is 2.19 bits per heavy atom. The van der Waals surface area contributed by atoms with Crippen LogP contribution in [0.3, 0.4) is 0 Å². The van der Waals surface area contributed by atoms with Crippen molar-refractivity contribution in [1.29, 1.82) is 0 Å². The van der Waals surface area contributed by atoms with Crippen LogP contribution in [-0.4, -0.2) is 17.5 Å². The van der Waals surface area contributed by atoms with Crippen molar-refractivity contribution in [3.63, 3.8) is 0 Å². The van der Waals surface area contributed by atoms with E-state index in [-0.39, 0.29) is 0 Å². The van der Waals surface area contributed by atoms with Gasteiger partial charge in [-0.2, -0.15) is 11.8 Å². The maximum atomic E-state index is 6.15. The van der Waals surface area contributed by atoms with Crippen LogP contribution in [0.15, 0.2) is 29.6 Å². The van der Waals surface area contributed by atoms with E-state index >= 15 is 0 Å². The zero-order chi connectivity index (χ0) is 14.7. The zero-order valence-electron chi connectivity index (χ0n) is 12.0. The molecule has 3 atom stereocenters. The lowest BCUT2D eigenvalue weighted by Gasteiger charge is -2.31. The van der Waals surface area contributed by atoms with Gasteiger partial charge in [-0.1, -0.05) is 24.1 Å². The highest BCUT2D eigenvalue weighted by Crippen LogP contribution is 2.35. The fourth-order valence-corrected chi connectivity index (χ4v) is 5.83. The van der Waals surface area contributed by atoms with Crippen LogP contribution in [0.25, 0.3) is 0 Å². The van der Waals surface area contributed by atoms with Crippen molar-refractivity contribution in [2.24, 2.45) is 0 Å². The number of hydrogen-bond acceptors (Lipinski definition) is 4. The summed E-state index contributed by atoms with van der Waals surface area (Å²) in [6.07, 6.45) is 7.52. The van der Waals surface area contributed by atoms with Crippen LogP contribution in [0.4, 0.5) is 0 Å². The van der Waals surface area contributed by atoms with Crippen molar-refractivity contribution in [3.8, 4) is 0 Å². The Morgan fingerprint density at radius 3 is 2.86 bits per heavy atom. The van der Waals surface area contributed by atoms with Gasteiger partial charge < -0.3 is 5.32 Å². The summed E-state index contributed by atoms with van der Waals surface area (Å²) >= 11 is 11.7. The molecule has 21 heavy (non-hydrogen) atoms. The van der Waals surface area contributed by atoms with E-state index < -0.39 is 0 Å². The lowest BCUT2D eigenvalue weighted by atomic mass is 9.94. The van der Waals surface area contributed by atoms with Gasteiger partial charge in [0.05, 0.1) is 10.4 Å². The van der Waals surface area contributed by atoms with E-state index in [1.807, 2.05) is 29.2 Å². The molecule has 114 valence electrons. The van der Waals surface area contributed by atoms with Gasteiger partial charge in [0.15, 0.2) is 0 Å². The summed E-state index contributed by atoms with van der Waals surface area (Å²) in [4.78, 5) is 2.72. The fraction of sp³-hybridized carbons (Fsp3) is 0.500. The molecule has 0 saturated heterocycles. The van der Waals surface area contributed by atoms with Crippen LogP contribution in [0, 0.1) is 0 Å². The van der Waals surface area contributed by atoms with Gasteiger partial charge in [0.2, 0.25) is 0 Å². The van der Waals surface area contributed by atoms with Gasteiger partial charge in [0.1, 0.15) is 0 Å². The highest BCUT2D eigenvalue weighted by atomic mass is 35.5. The van der Waals surface area contributed by atoms with E-state index in [0.717, 1.165) is 9.59 Å². The third-order valence-corrected chi connectivity index (χ3v) is 7.40. The number of rotatable bonds is 5. The molecule has 2 aromatic rings. The number of thiophene rings is 2. The Kier molecular flexibility index (Phi) is 5.68. The monoisotopic (exact) mass is 357 g/mol. The average Bonchev–Trinajstić information content (AvgIpc) is 3.16. The van der Waals surface area contributed by atoms with Gasteiger partial charge in [-0.15, -0.1) is 22.7 Å². The molecule has 1 saturated carbocycles. The summed E-state index contributed by atoms with van der Waals surface area (Å²) in [6, 6.07) is 9.45. The van der Waals surface area contributed by atoms with Gasteiger partial charge >= 0.3 is 0 Å². The molecule has 5 heteroatoms. The predicted molar refractivity (Wildman–Crippen MR) is 98.2 cm³/mol. The zero-order valence-corrected chi connectivity index (χ0v) is 15.3. The fourth-order valence-electron chi connectivity index (χ4n) is 2.99. The first-order chi connectivity index (χ1) is 10.3. The number of thioether (sulfide) groups is 1. The highest BCUT2D eigenvalue weighted by Gasteiger charge is 2.26. The highest BCUT2D eigenvalue weighted by molar-refractivity contribution is 7.99. The third kappa shape index (κ3) is 4.05. The normalized spacial score (nSPS) is 24.1. The predicted octanol–water partition coefficient (Wildman–Crippen LogP) is 5.82. The summed E-state index contributed by atoms with van der Waals surface area (Å²) in [5, 5.41) is 6.87. The third-order valence-electron chi connectivity index (χ3n) is 4.07. The molecule has 0 aromatic carbocycles. The standard InChI is InChI=1S/C16H20ClNS3/c1-19-12-5-2-4-11(10-12)18-16(13-6-3-9-20-13)14-7-8-15(17)21-14/h3,6-9,11-12,16,18H,2,4-5,10H2,1H3. The van der Waals surface area contributed by atoms with E-state index in [2.05, 4.69) is 35.2 Å². The average molecular weight is 358 g/mol. The minimum atomic E-state index is 0.299. The molecule has 0 aliphatic heterocycles. The smallest absolute Gasteiger partial charge is 0.0931 e. The molecule has 1 nitrogen and oxygen atoms in total. The van der Waals surface area contributed by atoms with E-state index in [1.165, 1.54) is 35.4 Å². The maximum Gasteiger partial charge on any atom is 0.0931 e. The summed E-state index contributed by atoms with van der Waals surface area (Å²) in [6.45, 7) is 0. The Morgan fingerprint density at radius 1 is 1.29 bits per heavy atom. The molecule has 1 aliphatic carbocycles. The van der Waals surface area contributed by atoms with Crippen molar-refractivity contribution in [2.45, 2.75) is 43.0 Å². The van der Waals surface area contributed by atoms with Crippen molar-refractivity contribution in [2.75, 3.05) is 6.26 Å². The van der Waals surface area contributed by atoms with Crippen molar-refractivity contribution in [3.05, 3.63) is 43.7 Å². The first-order valence-corrected chi connectivity index (χ1v) is 10.7. The Labute approximate surface area is 144 Å². The first-order valence-electron chi connectivity index (χ1n) is 7.33. The summed E-state index contributed by atoms with van der Waals surface area (Å²) < 4.78 is 0.874. The van der Waals surface area contributed by atoms with E-state index in [0.29, 0.717) is 12.1 Å². The van der Waals surface area contributed by atoms with Crippen LogP contribution in [0.2, 0.25) is 4.34 Å². The molecule has 1 fully saturated rings. The van der Waals surface area contributed by atoms with E-state index in [1.54, 1.807) is 11.3 Å². The molecule has 3 unspecified atom stereocenters. The van der Waals surface area contributed by atoms with Gasteiger partial charge in [-0.25, -0.2) is 0 Å². The second-order valence-corrected chi connectivity index (χ2v) is 9.34. The number of hydrogen-bond donors (Lipinski definition) is 1. The van der Waals surface area contributed by atoms with Crippen molar-refractivity contribution < 1.29 is 0 Å². The molecular formula is C16H20ClNS3. The molecule has 2 aromatic heterocycles. The molecule has 0 amide bonds. The molecule has 1 aliphatic rings. The van der Waals surface area contributed by atoms with Crippen LogP contribution < -0.4 is 5.32 Å². The lowest BCUT2D eigenvalue weighted by molar-refractivity contribution is 0.364. The van der Waals surface area contributed by atoms with E-state index in [4.69, 9.17) is 11.6 Å². The minimum Gasteiger partial charge on any atom is -0.302 e. The maximum absolute atomic E-state index is 6.15. The molecule has 2 heterocycles. The molecule has 0 spiro atoms. The van der Waals surface area contributed by atoms with Crippen molar-refractivity contribution >= 4 is 46.0 Å². The summed E-state index contributed by atoms with van der Waals surface area (Å²) in [5.74, 6) is 0. The second kappa shape index (κ2) is 7.51. The molecule has 0 radical (unpaired) electrons. The molecular weight excluding hydrogens is 338 g/mol. The quantitative estimate of drug-likeness (QED) is 0.723. The van der Waals surface area contributed by atoms with Gasteiger partial charge in [-0.05, 0) is 49.1 Å². The first kappa shape index (κ1) is 15.9. The van der Waals surface area contributed by atoms with Crippen LogP contribution in [0.5, 0.6) is 0 Å². The Hall–Kier alpha value is -0.0000000000000000278. The van der Waals surface area contributed by atoms with Gasteiger partial charge in [0, 0.05) is 21.0 Å². The Bertz CT molecular complexity index is 552. The Balaban J connectivity index is 1.76. The van der Waals surface area contributed by atoms with Crippen molar-refractivity contribution in [1.82, 2.24) is 5.32 Å². The second-order valence-electron chi connectivity index (χ2n) is 5.48. The van der Waals surface area contributed by atoms with E-state index in [9.17, 15) is 0 Å². The van der Waals surface area contributed by atoms with Crippen LogP contribution >= 0.6 is 46.0 Å². The largest absolute Gasteiger partial charge is 0.302 e. The topological polar surface area (TPSA) is 12.0 Å². The number of halogens is 1. The summed E-state index contributed by atoms with van der Waals surface area (Å²) in [5.41, 5.74) is 0. The SMILES string of the molecule is CSC1CCCC(NC(c2cccs2)c2ccc(Cl)s2)C1. The molecule has 0 bridgehead atoms. The number of nitrogens with one attached hydrogen (secondary N) is 1. The minimum absolute atomic E-state index is 0.299. The molecule has 1 N–H and O–H groups in total. The summed E-state index contributed by atoms with van der Waals surface area (Å²) in [7, 11) is 0. The van der Waals surface area contributed by atoms with Crippen LogP contribution in [-0.2, 0) is 0 Å².